The highest BCUT2D eigenvalue weighted by molar-refractivity contribution is 7.07. The molecule has 3 aromatic rings. The Labute approximate surface area is 215 Å². The predicted octanol–water partition coefficient (Wildman–Crippen LogP) is 3.10. The van der Waals surface area contributed by atoms with E-state index in [0.717, 1.165) is 11.3 Å². The molecule has 12 heteroatoms. The van der Waals surface area contributed by atoms with Crippen LogP contribution in [-0.2, 0) is 9.53 Å². The van der Waals surface area contributed by atoms with Crippen molar-refractivity contribution in [2.75, 3.05) is 19.8 Å². The number of fused-ring (bicyclic) bond motifs is 1. The van der Waals surface area contributed by atoms with Gasteiger partial charge in [0.25, 0.3) is 5.56 Å². The van der Waals surface area contributed by atoms with Gasteiger partial charge in [-0.25, -0.2) is 9.79 Å². The first kappa shape index (κ1) is 25.9. The Morgan fingerprint density at radius 2 is 1.89 bits per heavy atom. The zero-order valence-corrected chi connectivity index (χ0v) is 21.5. The van der Waals surface area contributed by atoms with Gasteiger partial charge in [0.1, 0.15) is 10.7 Å². The van der Waals surface area contributed by atoms with E-state index in [1.807, 2.05) is 13.8 Å². The maximum atomic E-state index is 13.6. The Balaban J connectivity index is 1.93. The van der Waals surface area contributed by atoms with Gasteiger partial charge in [-0.15, -0.1) is 0 Å². The van der Waals surface area contributed by atoms with Gasteiger partial charge in [0.2, 0.25) is 0 Å². The third-order valence-corrected chi connectivity index (χ3v) is 6.45. The van der Waals surface area contributed by atoms with Gasteiger partial charge in [0, 0.05) is 6.08 Å². The van der Waals surface area contributed by atoms with E-state index in [2.05, 4.69) is 4.99 Å². The molecule has 1 atom stereocenters. The second kappa shape index (κ2) is 10.8. The minimum absolute atomic E-state index is 0.148. The van der Waals surface area contributed by atoms with Gasteiger partial charge < -0.3 is 18.6 Å². The summed E-state index contributed by atoms with van der Waals surface area (Å²) in [6.45, 7) is 8.07. The monoisotopic (exact) mass is 527 g/mol. The fourth-order valence-electron chi connectivity index (χ4n) is 3.99. The van der Waals surface area contributed by atoms with Gasteiger partial charge in [0.05, 0.1) is 47.7 Å². The molecule has 0 saturated heterocycles. The largest absolute Gasteiger partial charge is 0.490 e. The van der Waals surface area contributed by atoms with Crippen LogP contribution in [0.1, 0.15) is 45.1 Å². The number of allylic oxidation sites excluding steroid dienone is 1. The van der Waals surface area contributed by atoms with Crippen molar-refractivity contribution in [2.24, 2.45) is 4.99 Å². The van der Waals surface area contributed by atoms with Gasteiger partial charge in [-0.05, 0) is 51.5 Å². The van der Waals surface area contributed by atoms with Crippen molar-refractivity contribution in [3.05, 3.63) is 82.7 Å². The second-order valence-corrected chi connectivity index (χ2v) is 8.82. The van der Waals surface area contributed by atoms with Crippen LogP contribution in [0.5, 0.6) is 11.5 Å². The molecule has 1 aliphatic heterocycles. The molecule has 37 heavy (non-hydrogen) atoms. The summed E-state index contributed by atoms with van der Waals surface area (Å²) >= 11 is 1.09. The van der Waals surface area contributed by atoms with Gasteiger partial charge >= 0.3 is 11.9 Å². The zero-order valence-electron chi connectivity index (χ0n) is 20.7. The maximum Gasteiger partial charge on any atom is 0.433 e. The number of thiazole rings is 1. The SMILES string of the molecule is CCOC(=O)C1=C(C)N=c2s/c(=C\c3ccc([N+](=O)[O-])o3)c(=O)n2[C@H]1c1ccc(OCC)c(OCC)c1. The lowest BCUT2D eigenvalue weighted by Crippen LogP contribution is -2.40. The molecular formula is C25H25N3O8S. The molecule has 0 N–H and O–H groups in total. The van der Waals surface area contributed by atoms with Gasteiger partial charge in [-0.3, -0.25) is 19.5 Å². The number of carbonyl (C=O) groups excluding carboxylic acids is 1. The van der Waals surface area contributed by atoms with Crippen LogP contribution in [-0.4, -0.2) is 35.3 Å². The van der Waals surface area contributed by atoms with Crippen molar-refractivity contribution in [1.29, 1.82) is 0 Å². The van der Waals surface area contributed by atoms with E-state index in [-0.39, 0.29) is 22.5 Å². The Morgan fingerprint density at radius 3 is 2.54 bits per heavy atom. The van der Waals surface area contributed by atoms with Gasteiger partial charge in [0.15, 0.2) is 16.3 Å². The van der Waals surface area contributed by atoms with Gasteiger partial charge in [-0.1, -0.05) is 17.4 Å². The number of hydrogen-bond acceptors (Lipinski definition) is 10. The number of ether oxygens (including phenoxy) is 3. The summed E-state index contributed by atoms with van der Waals surface area (Å²) in [6, 6.07) is 7.01. The first-order valence-corrected chi connectivity index (χ1v) is 12.4. The number of esters is 1. The quantitative estimate of drug-likeness (QED) is 0.235. The van der Waals surface area contributed by atoms with Crippen LogP contribution >= 0.6 is 11.3 Å². The molecule has 0 spiro atoms. The topological polar surface area (TPSA) is 135 Å². The average Bonchev–Trinajstić information content (AvgIpc) is 3.44. The second-order valence-electron chi connectivity index (χ2n) is 7.81. The third-order valence-electron chi connectivity index (χ3n) is 5.47. The summed E-state index contributed by atoms with van der Waals surface area (Å²) in [7, 11) is 0. The Bertz CT molecular complexity index is 1560. The van der Waals surface area contributed by atoms with Crippen LogP contribution in [0.4, 0.5) is 5.88 Å². The number of furan rings is 1. The molecule has 0 unspecified atom stereocenters. The van der Waals surface area contributed by atoms with Crippen LogP contribution in [0.3, 0.4) is 0 Å². The third kappa shape index (κ3) is 5.05. The number of nitrogens with zero attached hydrogens (tertiary/aromatic N) is 3. The fourth-order valence-corrected chi connectivity index (χ4v) is 5.02. The van der Waals surface area contributed by atoms with E-state index in [0.29, 0.717) is 40.8 Å². The molecule has 0 amide bonds. The summed E-state index contributed by atoms with van der Waals surface area (Å²) in [5, 5.41) is 11.0. The number of benzene rings is 1. The molecule has 11 nitrogen and oxygen atoms in total. The van der Waals surface area contributed by atoms with Crippen LogP contribution in [0.25, 0.3) is 6.08 Å². The minimum Gasteiger partial charge on any atom is -0.490 e. The Morgan fingerprint density at radius 1 is 1.16 bits per heavy atom. The summed E-state index contributed by atoms with van der Waals surface area (Å²) < 4.78 is 23.6. The molecular weight excluding hydrogens is 502 g/mol. The lowest BCUT2D eigenvalue weighted by Gasteiger charge is -2.25. The number of rotatable bonds is 9. The zero-order chi connectivity index (χ0) is 26.7. The first-order valence-electron chi connectivity index (χ1n) is 11.6. The average molecular weight is 528 g/mol. The standard InChI is InChI=1S/C25H25N3O8S/c1-5-33-17-10-8-15(12-18(17)34-6-2)22-21(24(30)35-7-3)14(4)26-25-27(22)23(29)19(37-25)13-16-9-11-20(36-16)28(31)32/h8-13,22H,5-7H2,1-4H3/b19-13-/t22-/m0/s1. The van der Waals surface area contributed by atoms with Crippen molar-refractivity contribution in [3.8, 4) is 11.5 Å². The molecule has 1 aromatic carbocycles. The predicted molar refractivity (Wildman–Crippen MR) is 135 cm³/mol. The molecule has 0 fully saturated rings. The van der Waals surface area contributed by atoms with Crippen molar-refractivity contribution in [1.82, 2.24) is 4.57 Å². The summed E-state index contributed by atoms with van der Waals surface area (Å²) in [5.74, 6) is 0.143. The molecule has 2 aromatic heterocycles. The van der Waals surface area contributed by atoms with E-state index in [9.17, 15) is 19.7 Å². The molecule has 4 rings (SSSR count). The highest BCUT2D eigenvalue weighted by atomic mass is 32.1. The molecule has 0 bridgehead atoms. The first-order chi connectivity index (χ1) is 17.8. The van der Waals surface area contributed by atoms with Crippen LogP contribution in [0, 0.1) is 10.1 Å². The summed E-state index contributed by atoms with van der Waals surface area (Å²) in [6.07, 6.45) is 1.42. The normalized spacial score (nSPS) is 15.2. The smallest absolute Gasteiger partial charge is 0.433 e. The molecule has 1 aliphatic rings. The maximum absolute atomic E-state index is 13.6. The molecule has 194 valence electrons. The molecule has 3 heterocycles. The van der Waals surface area contributed by atoms with Crippen molar-refractivity contribution in [3.63, 3.8) is 0 Å². The van der Waals surface area contributed by atoms with E-state index in [4.69, 9.17) is 18.6 Å². The Hall–Kier alpha value is -4.19. The van der Waals surface area contributed by atoms with Crippen LogP contribution < -0.4 is 24.4 Å². The number of aromatic nitrogens is 1. The molecule has 0 saturated carbocycles. The lowest BCUT2D eigenvalue weighted by molar-refractivity contribution is -0.402. The number of hydrogen-bond donors (Lipinski definition) is 0. The van der Waals surface area contributed by atoms with E-state index < -0.39 is 28.4 Å². The van der Waals surface area contributed by atoms with Crippen molar-refractivity contribution >= 4 is 29.3 Å². The van der Waals surface area contributed by atoms with E-state index in [1.54, 1.807) is 32.0 Å². The fraction of sp³-hybridized carbons (Fsp3) is 0.320. The number of nitro groups is 1. The summed E-state index contributed by atoms with van der Waals surface area (Å²) in [5.41, 5.74) is 0.803. The van der Waals surface area contributed by atoms with Crippen LogP contribution in [0.2, 0.25) is 0 Å². The minimum atomic E-state index is -0.849. The van der Waals surface area contributed by atoms with E-state index in [1.165, 1.54) is 22.8 Å². The van der Waals surface area contributed by atoms with Crippen molar-refractivity contribution < 1.29 is 28.3 Å². The highest BCUT2D eigenvalue weighted by Gasteiger charge is 2.34. The molecule has 0 aliphatic carbocycles. The molecule has 0 radical (unpaired) electrons. The van der Waals surface area contributed by atoms with Crippen LogP contribution in [0.15, 0.2) is 55.8 Å². The van der Waals surface area contributed by atoms with Crippen molar-refractivity contribution in [2.45, 2.75) is 33.7 Å². The highest BCUT2D eigenvalue weighted by Crippen LogP contribution is 2.36. The van der Waals surface area contributed by atoms with E-state index >= 15 is 0 Å². The van der Waals surface area contributed by atoms with Gasteiger partial charge in [-0.2, -0.15) is 0 Å². The Kier molecular flexibility index (Phi) is 7.58. The summed E-state index contributed by atoms with van der Waals surface area (Å²) in [4.78, 5) is 41.9. The lowest BCUT2D eigenvalue weighted by atomic mass is 9.95. The number of carbonyl (C=O) groups is 1.